The number of anilines is 1. The van der Waals surface area contributed by atoms with Gasteiger partial charge in [0.15, 0.2) is 6.61 Å². The molecular weight excluding hydrogens is 639 g/mol. The number of amides is 1. The molecule has 3 aromatic rings. The maximum absolute atomic E-state index is 14.5. The number of alkyl halides is 2. The number of ether oxygens (including phenoxy) is 2. The minimum atomic E-state index is -3.41. The highest BCUT2D eigenvalue weighted by Gasteiger charge is 2.52. The highest BCUT2D eigenvalue weighted by Crippen LogP contribution is 2.43. The Morgan fingerprint density at radius 1 is 1.39 bits per heavy atom. The van der Waals surface area contributed by atoms with E-state index in [1.807, 2.05) is 12.1 Å². The molecule has 1 saturated heterocycles. The van der Waals surface area contributed by atoms with Gasteiger partial charge in [-0.1, -0.05) is 15.9 Å². The summed E-state index contributed by atoms with van der Waals surface area (Å²) in [6.07, 6.45) is -3.67. The van der Waals surface area contributed by atoms with Crippen LogP contribution in [0.5, 0.6) is 0 Å². The summed E-state index contributed by atoms with van der Waals surface area (Å²) in [5, 5.41) is 3.05. The molecule has 1 unspecified atom stereocenters. The Kier molecular flexibility index (Phi) is 8.39. The minimum absolute atomic E-state index is 0.202. The summed E-state index contributed by atoms with van der Waals surface area (Å²) in [5.74, 6) is -3.24. The van der Waals surface area contributed by atoms with E-state index in [4.69, 9.17) is 18.4 Å². The number of carbonyl (C=O) groups is 1. The van der Waals surface area contributed by atoms with E-state index in [0.29, 0.717) is 15.9 Å². The lowest BCUT2D eigenvalue weighted by Crippen LogP contribution is -2.35. The van der Waals surface area contributed by atoms with Crippen LogP contribution in [0.4, 0.5) is 19.4 Å². The second-order valence-electron chi connectivity index (χ2n) is 7.51. The number of furan rings is 1. The van der Waals surface area contributed by atoms with Crippen LogP contribution in [0.25, 0.3) is 11.0 Å². The molecule has 1 aromatic carbocycles. The van der Waals surface area contributed by atoms with E-state index in [1.165, 1.54) is 7.11 Å². The molecule has 0 bridgehead atoms. The van der Waals surface area contributed by atoms with Crippen molar-refractivity contribution in [2.75, 3.05) is 19.0 Å². The van der Waals surface area contributed by atoms with Gasteiger partial charge < -0.3 is 27.8 Å². The fourth-order valence-electron chi connectivity index (χ4n) is 3.44. The number of aromatic nitrogens is 2. The summed E-state index contributed by atoms with van der Waals surface area (Å²) in [5.41, 5.74) is -0.494. The Hall–Kier alpha value is -2.00. The zero-order chi connectivity index (χ0) is 26.0. The molecule has 11 nitrogen and oxygen atoms in total. The highest BCUT2D eigenvalue weighted by atomic mass is 79.9. The standard InChI is InChI=1S/C20H18Br2F2N3O8P/c1-31-36(30)33-9-13-7-20(23,24)17(35-13)27-3-2-15(25-18(27)28)26-19(29)32-8-12-5-10-4-11(21)6-14(22)16(10)34-12/h2-6,13,17,30H,7-9H2,1H3,(H,25,26,28,29)/t13-,17+,36?/m0/s1. The van der Waals surface area contributed by atoms with Crippen LogP contribution in [0.15, 0.2) is 48.6 Å². The molecule has 0 spiro atoms. The molecule has 1 aliphatic heterocycles. The lowest BCUT2D eigenvalue weighted by atomic mass is 10.2. The smallest absolute Gasteiger partial charge is 0.413 e. The molecule has 16 heteroatoms. The Morgan fingerprint density at radius 2 is 2.17 bits per heavy atom. The summed E-state index contributed by atoms with van der Waals surface area (Å²) in [4.78, 5) is 37.4. The zero-order valence-electron chi connectivity index (χ0n) is 18.3. The SMILES string of the molecule is COP(O)OC[C@@H]1CC(F)(F)[C@H](n2ccc(NC(=O)OCc3cc4cc(Br)cc(Br)c4o3)nc2=O)O1. The van der Waals surface area contributed by atoms with Crippen LogP contribution in [-0.4, -0.2) is 46.3 Å². The number of fused-ring (bicyclic) bond motifs is 1. The van der Waals surface area contributed by atoms with Gasteiger partial charge in [0.25, 0.3) is 5.92 Å². The van der Waals surface area contributed by atoms with E-state index in [2.05, 4.69) is 46.7 Å². The van der Waals surface area contributed by atoms with Crippen LogP contribution >= 0.6 is 40.5 Å². The topological polar surface area (TPSA) is 134 Å². The molecule has 1 amide bonds. The van der Waals surface area contributed by atoms with Gasteiger partial charge in [-0.05, 0) is 40.2 Å². The maximum Gasteiger partial charge on any atom is 0.413 e. The van der Waals surface area contributed by atoms with E-state index in [9.17, 15) is 23.3 Å². The Balaban J connectivity index is 1.36. The second kappa shape index (κ2) is 11.2. The molecule has 1 aliphatic rings. The molecule has 3 heterocycles. The normalized spacial score (nSPS) is 19.9. The number of rotatable bonds is 8. The van der Waals surface area contributed by atoms with Crippen molar-refractivity contribution in [2.45, 2.75) is 31.3 Å². The number of hydrogen-bond acceptors (Lipinski definition) is 9. The van der Waals surface area contributed by atoms with Gasteiger partial charge in [0, 0.05) is 29.6 Å². The van der Waals surface area contributed by atoms with Crippen LogP contribution < -0.4 is 11.0 Å². The molecule has 0 radical (unpaired) electrons. The predicted molar refractivity (Wildman–Crippen MR) is 129 cm³/mol. The number of benzene rings is 1. The van der Waals surface area contributed by atoms with Crippen molar-refractivity contribution >= 4 is 63.3 Å². The van der Waals surface area contributed by atoms with E-state index >= 15 is 0 Å². The Morgan fingerprint density at radius 3 is 2.89 bits per heavy atom. The largest absolute Gasteiger partial charge is 0.456 e. The van der Waals surface area contributed by atoms with Crippen molar-refractivity contribution < 1.29 is 41.4 Å². The van der Waals surface area contributed by atoms with Crippen molar-refractivity contribution in [3.8, 4) is 0 Å². The first-order valence-corrected chi connectivity index (χ1v) is 12.9. The third kappa shape index (κ3) is 6.28. The van der Waals surface area contributed by atoms with Gasteiger partial charge in [-0.15, -0.1) is 0 Å². The fourth-order valence-corrected chi connectivity index (χ4v) is 5.18. The first kappa shape index (κ1) is 27.0. The van der Waals surface area contributed by atoms with Gasteiger partial charge in [0.2, 0.25) is 6.23 Å². The molecule has 36 heavy (non-hydrogen) atoms. The molecule has 4 rings (SSSR count). The van der Waals surface area contributed by atoms with Gasteiger partial charge >= 0.3 is 20.4 Å². The van der Waals surface area contributed by atoms with Crippen LogP contribution in [-0.2, 0) is 25.1 Å². The van der Waals surface area contributed by atoms with Gasteiger partial charge in [0.05, 0.1) is 17.2 Å². The summed E-state index contributed by atoms with van der Waals surface area (Å²) < 4.78 is 56.5. The van der Waals surface area contributed by atoms with E-state index < -0.39 is 45.1 Å². The zero-order valence-corrected chi connectivity index (χ0v) is 22.4. The molecular formula is C20H18Br2F2N3O8P. The lowest BCUT2D eigenvalue weighted by molar-refractivity contribution is -0.119. The fraction of sp³-hybridized carbons (Fsp3) is 0.350. The lowest BCUT2D eigenvalue weighted by Gasteiger charge is -2.20. The van der Waals surface area contributed by atoms with Crippen LogP contribution in [0.3, 0.4) is 0 Å². The first-order chi connectivity index (χ1) is 17.1. The summed E-state index contributed by atoms with van der Waals surface area (Å²) >= 11 is 6.77. The van der Waals surface area contributed by atoms with Gasteiger partial charge in [-0.2, -0.15) is 4.98 Å². The van der Waals surface area contributed by atoms with Crippen molar-refractivity contribution in [3.05, 3.63) is 55.7 Å². The van der Waals surface area contributed by atoms with Crippen molar-refractivity contribution in [2.24, 2.45) is 0 Å². The molecule has 194 valence electrons. The number of nitrogens with zero attached hydrogens (tertiary/aromatic N) is 2. The monoisotopic (exact) mass is 655 g/mol. The highest BCUT2D eigenvalue weighted by molar-refractivity contribution is 9.11. The molecule has 2 N–H and O–H groups in total. The Bertz CT molecular complexity index is 1320. The first-order valence-electron chi connectivity index (χ1n) is 10.2. The number of carbonyl (C=O) groups excluding carboxylic acids is 1. The number of nitrogens with one attached hydrogen (secondary N) is 1. The van der Waals surface area contributed by atoms with Gasteiger partial charge in [-0.25, -0.2) is 18.4 Å². The van der Waals surface area contributed by atoms with E-state index in [0.717, 1.165) is 26.6 Å². The quantitative estimate of drug-likeness (QED) is 0.319. The van der Waals surface area contributed by atoms with E-state index in [-0.39, 0.29) is 19.0 Å². The van der Waals surface area contributed by atoms with Crippen LogP contribution in [0.2, 0.25) is 0 Å². The average molecular weight is 657 g/mol. The third-order valence-electron chi connectivity index (χ3n) is 4.95. The van der Waals surface area contributed by atoms with Crippen molar-refractivity contribution in [1.29, 1.82) is 0 Å². The van der Waals surface area contributed by atoms with Crippen LogP contribution in [0, 0.1) is 0 Å². The average Bonchev–Trinajstić information content (AvgIpc) is 3.36. The van der Waals surface area contributed by atoms with Gasteiger partial charge in [0.1, 0.15) is 17.2 Å². The summed E-state index contributed by atoms with van der Waals surface area (Å²) in [6.45, 7) is -0.554. The maximum atomic E-state index is 14.5. The van der Waals surface area contributed by atoms with Crippen molar-refractivity contribution in [3.63, 3.8) is 0 Å². The number of hydrogen-bond donors (Lipinski definition) is 2. The van der Waals surface area contributed by atoms with Gasteiger partial charge in [-0.3, -0.25) is 9.88 Å². The molecule has 0 aliphatic carbocycles. The molecule has 1 fully saturated rings. The molecule has 2 aromatic heterocycles. The summed E-state index contributed by atoms with van der Waals surface area (Å²) in [6, 6.07) is 6.50. The molecule has 0 saturated carbocycles. The Labute approximate surface area is 219 Å². The van der Waals surface area contributed by atoms with Crippen molar-refractivity contribution in [1.82, 2.24) is 9.55 Å². The minimum Gasteiger partial charge on any atom is -0.456 e. The third-order valence-corrected chi connectivity index (χ3v) is 6.68. The second-order valence-corrected chi connectivity index (χ2v) is 10.4. The predicted octanol–water partition coefficient (Wildman–Crippen LogP) is 5.07. The number of halogens is 4. The van der Waals surface area contributed by atoms with E-state index in [1.54, 1.807) is 6.07 Å². The molecule has 3 atom stereocenters. The summed E-state index contributed by atoms with van der Waals surface area (Å²) in [7, 11) is -1.01. The van der Waals surface area contributed by atoms with Crippen LogP contribution in [0.1, 0.15) is 18.4 Å².